The second-order valence-electron chi connectivity index (χ2n) is 3.99. The first-order chi connectivity index (χ1) is 8.10. The van der Waals surface area contributed by atoms with E-state index in [1.165, 1.54) is 0 Å². The summed E-state index contributed by atoms with van der Waals surface area (Å²) in [6, 6.07) is 4.16. The minimum absolute atomic E-state index is 0.352. The molecule has 1 unspecified atom stereocenters. The Morgan fingerprint density at radius 2 is 2.35 bits per heavy atom. The van der Waals surface area contributed by atoms with E-state index in [1.807, 2.05) is 23.7 Å². The molecule has 5 heteroatoms. The summed E-state index contributed by atoms with van der Waals surface area (Å²) < 4.78 is 0. The van der Waals surface area contributed by atoms with Gasteiger partial charge in [0.2, 0.25) is 0 Å². The summed E-state index contributed by atoms with van der Waals surface area (Å²) in [6.45, 7) is 2.13. The van der Waals surface area contributed by atoms with Gasteiger partial charge in [-0.2, -0.15) is 17.0 Å². The molecule has 0 amide bonds. The van der Waals surface area contributed by atoms with Crippen molar-refractivity contribution in [3.63, 3.8) is 0 Å². The van der Waals surface area contributed by atoms with Crippen LogP contribution in [0.1, 0.15) is 18.9 Å². The Labute approximate surface area is 107 Å². The second-order valence-corrected chi connectivity index (χ2v) is 4.98. The fourth-order valence-electron chi connectivity index (χ4n) is 1.53. The van der Waals surface area contributed by atoms with Gasteiger partial charge < -0.3 is 10.6 Å². The third kappa shape index (κ3) is 3.53. The maximum atomic E-state index is 9.07. The normalized spacial score (nSPS) is 11.9. The van der Waals surface area contributed by atoms with Gasteiger partial charge in [-0.1, -0.05) is 0 Å². The predicted molar refractivity (Wildman–Crippen MR) is 74.2 cm³/mol. The SMILES string of the molecule is CSCCC(C)N(C)c1ncc(N)cc1C#N. The quantitative estimate of drug-likeness (QED) is 0.867. The van der Waals surface area contributed by atoms with E-state index < -0.39 is 0 Å². The highest BCUT2D eigenvalue weighted by Gasteiger charge is 2.14. The number of thioether (sulfide) groups is 1. The lowest BCUT2D eigenvalue weighted by atomic mass is 10.2. The fraction of sp³-hybridized carbons (Fsp3) is 0.500. The molecule has 1 heterocycles. The molecule has 0 aliphatic carbocycles. The molecule has 1 aromatic heterocycles. The van der Waals surface area contributed by atoms with Crippen molar-refractivity contribution >= 4 is 23.3 Å². The lowest BCUT2D eigenvalue weighted by Gasteiger charge is -2.26. The lowest BCUT2D eigenvalue weighted by molar-refractivity contribution is 0.661. The molecule has 0 aliphatic heterocycles. The number of anilines is 2. The molecule has 0 bridgehead atoms. The third-order valence-electron chi connectivity index (χ3n) is 2.74. The van der Waals surface area contributed by atoms with E-state index in [1.54, 1.807) is 12.3 Å². The maximum absolute atomic E-state index is 9.07. The van der Waals surface area contributed by atoms with Crippen LogP contribution in [0, 0.1) is 11.3 Å². The Kier molecular flexibility index (Phi) is 5.11. The summed E-state index contributed by atoms with van der Waals surface area (Å²) in [7, 11) is 1.96. The molecule has 17 heavy (non-hydrogen) atoms. The zero-order chi connectivity index (χ0) is 12.8. The van der Waals surface area contributed by atoms with Crippen LogP contribution in [0.15, 0.2) is 12.3 Å². The summed E-state index contributed by atoms with van der Waals surface area (Å²) >= 11 is 1.82. The Morgan fingerprint density at radius 3 is 2.94 bits per heavy atom. The van der Waals surface area contributed by atoms with Gasteiger partial charge in [-0.25, -0.2) is 4.98 Å². The van der Waals surface area contributed by atoms with Crippen molar-refractivity contribution in [2.75, 3.05) is 29.7 Å². The summed E-state index contributed by atoms with van der Waals surface area (Å²) in [5, 5.41) is 9.07. The highest BCUT2D eigenvalue weighted by Crippen LogP contribution is 2.21. The average Bonchev–Trinajstić information content (AvgIpc) is 2.34. The molecule has 0 aliphatic rings. The van der Waals surface area contributed by atoms with Crippen LogP contribution >= 0.6 is 11.8 Å². The van der Waals surface area contributed by atoms with Crippen LogP contribution in [0.3, 0.4) is 0 Å². The molecule has 4 nitrogen and oxygen atoms in total. The monoisotopic (exact) mass is 250 g/mol. The minimum atomic E-state index is 0.352. The molecule has 2 N–H and O–H groups in total. The van der Waals surface area contributed by atoms with E-state index in [0.717, 1.165) is 12.2 Å². The van der Waals surface area contributed by atoms with Crippen LogP contribution in [-0.2, 0) is 0 Å². The zero-order valence-corrected chi connectivity index (χ0v) is 11.3. The van der Waals surface area contributed by atoms with E-state index in [4.69, 9.17) is 11.0 Å². The molecule has 0 saturated heterocycles. The molecule has 0 saturated carbocycles. The number of pyridine rings is 1. The lowest BCUT2D eigenvalue weighted by Crippen LogP contribution is -2.30. The third-order valence-corrected chi connectivity index (χ3v) is 3.39. The summed E-state index contributed by atoms with van der Waals surface area (Å²) in [5.41, 5.74) is 6.68. The van der Waals surface area contributed by atoms with Crippen LogP contribution < -0.4 is 10.6 Å². The average molecular weight is 250 g/mol. The maximum Gasteiger partial charge on any atom is 0.146 e. The van der Waals surface area contributed by atoms with Gasteiger partial charge in [-0.15, -0.1) is 0 Å². The molecular weight excluding hydrogens is 232 g/mol. The van der Waals surface area contributed by atoms with Crippen LogP contribution in [0.2, 0.25) is 0 Å². The zero-order valence-electron chi connectivity index (χ0n) is 10.5. The Hall–Kier alpha value is -1.41. The molecule has 0 aromatic carbocycles. The number of aromatic nitrogens is 1. The number of rotatable bonds is 5. The van der Waals surface area contributed by atoms with Gasteiger partial charge in [-0.3, -0.25) is 0 Å². The van der Waals surface area contributed by atoms with Gasteiger partial charge in [0.1, 0.15) is 11.9 Å². The van der Waals surface area contributed by atoms with Gasteiger partial charge in [0.25, 0.3) is 0 Å². The van der Waals surface area contributed by atoms with Crippen molar-refractivity contribution < 1.29 is 0 Å². The van der Waals surface area contributed by atoms with Gasteiger partial charge in [0, 0.05) is 13.1 Å². The molecule has 92 valence electrons. The largest absolute Gasteiger partial charge is 0.397 e. The number of nitriles is 1. The van der Waals surface area contributed by atoms with E-state index in [2.05, 4.69) is 24.2 Å². The number of nitrogens with two attached hydrogens (primary N) is 1. The highest BCUT2D eigenvalue weighted by molar-refractivity contribution is 7.98. The molecule has 1 atom stereocenters. The van der Waals surface area contributed by atoms with Crippen molar-refractivity contribution in [1.82, 2.24) is 4.98 Å². The van der Waals surface area contributed by atoms with E-state index in [9.17, 15) is 0 Å². The second kappa shape index (κ2) is 6.36. The smallest absolute Gasteiger partial charge is 0.146 e. The van der Waals surface area contributed by atoms with Gasteiger partial charge in [0.15, 0.2) is 0 Å². The number of nitrogens with zero attached hydrogens (tertiary/aromatic N) is 3. The minimum Gasteiger partial charge on any atom is -0.397 e. The van der Waals surface area contributed by atoms with E-state index >= 15 is 0 Å². The number of nitrogen functional groups attached to an aromatic ring is 1. The van der Waals surface area contributed by atoms with E-state index in [-0.39, 0.29) is 0 Å². The van der Waals surface area contributed by atoms with Crippen LogP contribution in [0.25, 0.3) is 0 Å². The van der Waals surface area contributed by atoms with Gasteiger partial charge >= 0.3 is 0 Å². The topological polar surface area (TPSA) is 65.9 Å². The number of hydrogen-bond acceptors (Lipinski definition) is 5. The number of hydrogen-bond donors (Lipinski definition) is 1. The molecule has 0 radical (unpaired) electrons. The Bertz CT molecular complexity index is 413. The Morgan fingerprint density at radius 1 is 1.65 bits per heavy atom. The first-order valence-electron chi connectivity index (χ1n) is 5.47. The first-order valence-corrected chi connectivity index (χ1v) is 6.87. The highest BCUT2D eigenvalue weighted by atomic mass is 32.2. The summed E-state index contributed by atoms with van der Waals surface area (Å²) in [6.07, 6.45) is 4.75. The van der Waals surface area contributed by atoms with Crippen molar-refractivity contribution in [2.24, 2.45) is 0 Å². The van der Waals surface area contributed by atoms with E-state index in [0.29, 0.717) is 23.1 Å². The van der Waals surface area contributed by atoms with Crippen molar-refractivity contribution in [2.45, 2.75) is 19.4 Å². The van der Waals surface area contributed by atoms with Crippen LogP contribution in [-0.4, -0.2) is 30.1 Å². The molecule has 1 aromatic rings. The van der Waals surface area contributed by atoms with Crippen molar-refractivity contribution in [3.05, 3.63) is 17.8 Å². The van der Waals surface area contributed by atoms with Gasteiger partial charge in [-0.05, 0) is 31.4 Å². The summed E-state index contributed by atoms with van der Waals surface area (Å²) in [5.74, 6) is 1.80. The van der Waals surface area contributed by atoms with Gasteiger partial charge in [0.05, 0.1) is 17.4 Å². The predicted octanol–water partition coefficient (Wildman–Crippen LogP) is 2.11. The first kappa shape index (κ1) is 13.7. The standard InChI is InChI=1S/C12H18N4S/c1-9(4-5-17-3)16(2)12-10(7-13)6-11(14)8-15-12/h6,8-9H,4-5,14H2,1-3H3. The van der Waals surface area contributed by atoms with Crippen molar-refractivity contribution in [1.29, 1.82) is 5.26 Å². The molecule has 1 rings (SSSR count). The van der Waals surface area contributed by atoms with Crippen molar-refractivity contribution in [3.8, 4) is 6.07 Å². The summed E-state index contributed by atoms with van der Waals surface area (Å²) in [4.78, 5) is 6.29. The van der Waals surface area contributed by atoms with Crippen LogP contribution in [0.4, 0.5) is 11.5 Å². The molecule has 0 spiro atoms. The molecular formula is C12H18N4S. The molecule has 0 fully saturated rings. The van der Waals surface area contributed by atoms with Crippen LogP contribution in [0.5, 0.6) is 0 Å². The Balaban J connectivity index is 2.88. The fourth-order valence-corrected chi connectivity index (χ4v) is 2.10.